The van der Waals surface area contributed by atoms with Crippen LogP contribution in [0.25, 0.3) is 0 Å². The molecule has 0 aliphatic rings. The lowest BCUT2D eigenvalue weighted by atomic mass is 10.1. The Kier molecular flexibility index (Phi) is 5.37. The van der Waals surface area contributed by atoms with E-state index in [0.717, 1.165) is 0 Å². The molecule has 108 valence electrons. The van der Waals surface area contributed by atoms with Crippen molar-refractivity contribution in [3.8, 4) is 5.75 Å². The van der Waals surface area contributed by atoms with Crippen LogP contribution < -0.4 is 9.46 Å². The standard InChI is InChI=1S/C12H18BrNO4S/c1-12(2,18-4)8-14-19(15,16)11-7-9(13)5-6-10(11)17-3/h5-7,14H,8H2,1-4H3. The molecule has 0 aliphatic heterocycles. The van der Waals surface area contributed by atoms with E-state index in [4.69, 9.17) is 9.47 Å². The van der Waals surface area contributed by atoms with Gasteiger partial charge in [-0.2, -0.15) is 0 Å². The maximum Gasteiger partial charge on any atom is 0.244 e. The molecule has 0 radical (unpaired) electrons. The largest absolute Gasteiger partial charge is 0.495 e. The predicted molar refractivity (Wildman–Crippen MR) is 77.0 cm³/mol. The lowest BCUT2D eigenvalue weighted by molar-refractivity contribution is 0.0276. The third-order valence-corrected chi connectivity index (χ3v) is 4.57. The van der Waals surface area contributed by atoms with Crippen molar-refractivity contribution >= 4 is 26.0 Å². The summed E-state index contributed by atoms with van der Waals surface area (Å²) >= 11 is 3.25. The van der Waals surface area contributed by atoms with Crippen molar-refractivity contribution in [1.29, 1.82) is 0 Å². The van der Waals surface area contributed by atoms with Crippen LogP contribution in [-0.4, -0.2) is 34.8 Å². The summed E-state index contributed by atoms with van der Waals surface area (Å²) < 4.78 is 38.0. The fourth-order valence-electron chi connectivity index (χ4n) is 1.28. The van der Waals surface area contributed by atoms with Gasteiger partial charge in [-0.3, -0.25) is 0 Å². The second kappa shape index (κ2) is 6.21. The molecule has 0 saturated carbocycles. The highest BCUT2D eigenvalue weighted by Gasteiger charge is 2.24. The van der Waals surface area contributed by atoms with Gasteiger partial charge in [0.1, 0.15) is 10.6 Å². The molecular weight excluding hydrogens is 334 g/mol. The SMILES string of the molecule is COc1ccc(Br)cc1S(=O)(=O)NCC(C)(C)OC. The molecule has 0 fully saturated rings. The molecule has 0 heterocycles. The van der Waals surface area contributed by atoms with E-state index < -0.39 is 15.6 Å². The number of nitrogens with one attached hydrogen (secondary N) is 1. The minimum absolute atomic E-state index is 0.0938. The molecule has 0 aromatic heterocycles. The molecule has 1 rings (SSSR count). The van der Waals surface area contributed by atoms with Crippen LogP contribution in [0.2, 0.25) is 0 Å². The van der Waals surface area contributed by atoms with Crippen LogP contribution in [0.5, 0.6) is 5.75 Å². The molecule has 5 nitrogen and oxygen atoms in total. The average Bonchev–Trinajstić information content (AvgIpc) is 2.37. The smallest absolute Gasteiger partial charge is 0.244 e. The van der Waals surface area contributed by atoms with E-state index in [0.29, 0.717) is 10.2 Å². The molecular formula is C12H18BrNO4S. The number of sulfonamides is 1. The first-order valence-corrected chi connectivity index (χ1v) is 7.88. The van der Waals surface area contributed by atoms with Crippen LogP contribution >= 0.6 is 15.9 Å². The minimum Gasteiger partial charge on any atom is -0.495 e. The van der Waals surface area contributed by atoms with Crippen molar-refractivity contribution in [3.63, 3.8) is 0 Å². The molecule has 1 aromatic carbocycles. The van der Waals surface area contributed by atoms with E-state index in [2.05, 4.69) is 20.7 Å². The molecule has 0 saturated heterocycles. The van der Waals surface area contributed by atoms with E-state index in [1.165, 1.54) is 20.3 Å². The van der Waals surface area contributed by atoms with Crippen molar-refractivity contribution < 1.29 is 17.9 Å². The van der Waals surface area contributed by atoms with E-state index >= 15 is 0 Å². The molecule has 0 bridgehead atoms. The van der Waals surface area contributed by atoms with Crippen molar-refractivity contribution in [3.05, 3.63) is 22.7 Å². The third kappa shape index (κ3) is 4.45. The number of rotatable bonds is 6. The van der Waals surface area contributed by atoms with Gasteiger partial charge >= 0.3 is 0 Å². The van der Waals surface area contributed by atoms with Crippen molar-refractivity contribution in [2.75, 3.05) is 20.8 Å². The van der Waals surface area contributed by atoms with Crippen LogP contribution in [0.15, 0.2) is 27.6 Å². The zero-order chi connectivity index (χ0) is 14.7. The second-order valence-corrected chi connectivity index (χ2v) is 7.23. The fraction of sp³-hybridized carbons (Fsp3) is 0.500. The maximum absolute atomic E-state index is 12.3. The second-order valence-electron chi connectivity index (χ2n) is 4.58. The van der Waals surface area contributed by atoms with Gasteiger partial charge in [-0.25, -0.2) is 13.1 Å². The molecule has 0 unspecified atom stereocenters. The maximum atomic E-state index is 12.3. The highest BCUT2D eigenvalue weighted by Crippen LogP contribution is 2.27. The van der Waals surface area contributed by atoms with Crippen LogP contribution in [0.3, 0.4) is 0 Å². The molecule has 1 N–H and O–H groups in total. The summed E-state index contributed by atoms with van der Waals surface area (Å²) in [5.41, 5.74) is -0.577. The Morgan fingerprint density at radius 3 is 2.47 bits per heavy atom. The van der Waals surface area contributed by atoms with Gasteiger partial charge in [0.25, 0.3) is 0 Å². The zero-order valence-electron chi connectivity index (χ0n) is 11.4. The first kappa shape index (κ1) is 16.4. The summed E-state index contributed by atoms with van der Waals surface area (Å²) in [5, 5.41) is 0. The highest BCUT2D eigenvalue weighted by molar-refractivity contribution is 9.10. The van der Waals surface area contributed by atoms with Crippen LogP contribution in [0, 0.1) is 0 Å². The van der Waals surface area contributed by atoms with E-state index in [1.807, 2.05) is 0 Å². The lowest BCUT2D eigenvalue weighted by Crippen LogP contribution is -2.39. The number of benzene rings is 1. The van der Waals surface area contributed by atoms with Gasteiger partial charge in [-0.05, 0) is 32.0 Å². The summed E-state index contributed by atoms with van der Waals surface area (Å²) in [7, 11) is -0.686. The normalized spacial score (nSPS) is 12.5. The Morgan fingerprint density at radius 2 is 1.95 bits per heavy atom. The van der Waals surface area contributed by atoms with Gasteiger partial charge in [0.2, 0.25) is 10.0 Å². The van der Waals surface area contributed by atoms with Crippen molar-refractivity contribution in [2.45, 2.75) is 24.3 Å². The number of hydrogen-bond donors (Lipinski definition) is 1. The number of hydrogen-bond acceptors (Lipinski definition) is 4. The van der Waals surface area contributed by atoms with E-state index in [9.17, 15) is 8.42 Å². The highest BCUT2D eigenvalue weighted by atomic mass is 79.9. The van der Waals surface area contributed by atoms with Gasteiger partial charge in [-0.1, -0.05) is 15.9 Å². The van der Waals surface area contributed by atoms with Crippen LogP contribution in [0.1, 0.15) is 13.8 Å². The summed E-state index contributed by atoms with van der Waals surface area (Å²) in [6, 6.07) is 4.82. The first-order valence-electron chi connectivity index (χ1n) is 5.60. The molecule has 0 aliphatic carbocycles. The number of ether oxygens (including phenoxy) is 2. The summed E-state index contributed by atoms with van der Waals surface area (Å²) in [6.07, 6.45) is 0. The van der Waals surface area contributed by atoms with Gasteiger partial charge in [0.15, 0.2) is 0 Å². The van der Waals surface area contributed by atoms with Crippen LogP contribution in [0.4, 0.5) is 0 Å². The predicted octanol–water partition coefficient (Wildman–Crippen LogP) is 2.16. The molecule has 19 heavy (non-hydrogen) atoms. The van der Waals surface area contributed by atoms with Crippen molar-refractivity contribution in [1.82, 2.24) is 4.72 Å². The third-order valence-electron chi connectivity index (χ3n) is 2.66. The lowest BCUT2D eigenvalue weighted by Gasteiger charge is -2.23. The molecule has 0 spiro atoms. The first-order chi connectivity index (χ1) is 8.72. The minimum atomic E-state index is -3.65. The van der Waals surface area contributed by atoms with E-state index in [-0.39, 0.29) is 11.4 Å². The Morgan fingerprint density at radius 1 is 1.32 bits per heavy atom. The topological polar surface area (TPSA) is 64.6 Å². The number of methoxy groups -OCH3 is 2. The quantitative estimate of drug-likeness (QED) is 0.852. The summed E-state index contributed by atoms with van der Waals surface area (Å²) in [5.74, 6) is 0.297. The van der Waals surface area contributed by atoms with E-state index in [1.54, 1.807) is 26.0 Å². The van der Waals surface area contributed by atoms with Gasteiger partial charge in [0, 0.05) is 18.1 Å². The Hall–Kier alpha value is -0.630. The monoisotopic (exact) mass is 351 g/mol. The molecule has 0 amide bonds. The molecule has 1 aromatic rings. The zero-order valence-corrected chi connectivity index (χ0v) is 13.8. The summed E-state index contributed by atoms with van der Waals surface area (Å²) in [4.78, 5) is 0.0938. The van der Waals surface area contributed by atoms with Crippen molar-refractivity contribution in [2.24, 2.45) is 0 Å². The molecule has 0 atom stereocenters. The Bertz CT molecular complexity index is 543. The van der Waals surface area contributed by atoms with Gasteiger partial charge < -0.3 is 9.47 Å². The van der Waals surface area contributed by atoms with Gasteiger partial charge in [0.05, 0.1) is 12.7 Å². The van der Waals surface area contributed by atoms with Gasteiger partial charge in [-0.15, -0.1) is 0 Å². The van der Waals surface area contributed by atoms with Crippen LogP contribution in [-0.2, 0) is 14.8 Å². The summed E-state index contributed by atoms with van der Waals surface area (Å²) in [6.45, 7) is 3.77. The Balaban J connectivity index is 3.04. The fourth-order valence-corrected chi connectivity index (χ4v) is 3.18. The number of halogens is 1. The molecule has 7 heteroatoms. The Labute approximate surface area is 122 Å². The average molecular weight is 352 g/mol.